The lowest BCUT2D eigenvalue weighted by molar-refractivity contribution is 0.0780. The van der Waals surface area contributed by atoms with Crippen LogP contribution in [-0.4, -0.2) is 40.2 Å². The van der Waals surface area contributed by atoms with Crippen LogP contribution in [0.25, 0.3) is 5.69 Å². The van der Waals surface area contributed by atoms with Crippen LogP contribution in [0.3, 0.4) is 0 Å². The second kappa shape index (κ2) is 8.07. The Balaban J connectivity index is 2.26. The molecule has 0 fully saturated rings. The summed E-state index contributed by atoms with van der Waals surface area (Å²) in [4.78, 5) is 26.4. The van der Waals surface area contributed by atoms with Gasteiger partial charge in [-0.1, -0.05) is 32.0 Å². The molecule has 0 saturated carbocycles. The average molecular weight is 342 g/mol. The second-order valence-electron chi connectivity index (χ2n) is 6.67. The number of nitrogens with zero attached hydrogens (tertiary/aromatic N) is 3. The molecule has 0 aliphatic heterocycles. The van der Waals surface area contributed by atoms with Crippen molar-refractivity contribution in [3.8, 4) is 5.69 Å². The van der Waals surface area contributed by atoms with Gasteiger partial charge in [0.25, 0.3) is 5.91 Å². The second-order valence-corrected chi connectivity index (χ2v) is 6.67. The van der Waals surface area contributed by atoms with Crippen molar-refractivity contribution in [1.29, 1.82) is 0 Å². The maximum atomic E-state index is 12.7. The first-order valence-corrected chi connectivity index (χ1v) is 8.48. The van der Waals surface area contributed by atoms with Crippen LogP contribution in [0.2, 0.25) is 0 Å². The summed E-state index contributed by atoms with van der Waals surface area (Å²) in [6.45, 7) is 6.37. The molecule has 0 radical (unpaired) electrons. The molecule has 1 amide bonds. The minimum absolute atomic E-state index is 0.0159. The molecule has 0 saturated heterocycles. The van der Waals surface area contributed by atoms with Gasteiger partial charge < -0.3 is 10.6 Å². The van der Waals surface area contributed by atoms with E-state index in [2.05, 4.69) is 5.10 Å². The number of hydrogen-bond acceptors (Lipinski definition) is 4. The maximum Gasteiger partial charge on any atom is 0.278 e. The zero-order valence-corrected chi connectivity index (χ0v) is 15.3. The highest BCUT2D eigenvalue weighted by Gasteiger charge is 2.20. The molecule has 2 N–H and O–H groups in total. The predicted octanol–water partition coefficient (Wildman–Crippen LogP) is 1.99. The van der Waals surface area contributed by atoms with Crippen LogP contribution < -0.4 is 11.2 Å². The summed E-state index contributed by atoms with van der Waals surface area (Å²) in [6.07, 6.45) is 0.679. The van der Waals surface area contributed by atoms with E-state index < -0.39 is 0 Å². The summed E-state index contributed by atoms with van der Waals surface area (Å²) in [5.41, 5.74) is 7.08. The van der Waals surface area contributed by atoms with Gasteiger partial charge in [0.1, 0.15) is 0 Å². The standard InChI is InChI=1S/C19H26N4O2/c1-13(2)16(20)10-11-22(4)19(25)18-17(24)12-14(3)23(21-18)15-8-6-5-7-9-15/h5-9,12-13,16H,10-11,20H2,1-4H3. The van der Waals surface area contributed by atoms with E-state index in [0.717, 1.165) is 5.69 Å². The van der Waals surface area contributed by atoms with Gasteiger partial charge in [0, 0.05) is 31.4 Å². The van der Waals surface area contributed by atoms with Crippen molar-refractivity contribution in [1.82, 2.24) is 14.7 Å². The van der Waals surface area contributed by atoms with Crippen molar-refractivity contribution in [2.45, 2.75) is 33.2 Å². The third kappa shape index (κ3) is 4.54. The van der Waals surface area contributed by atoms with E-state index in [9.17, 15) is 9.59 Å². The highest BCUT2D eigenvalue weighted by Crippen LogP contribution is 2.09. The minimum atomic E-state index is -0.384. The molecule has 1 aromatic carbocycles. The van der Waals surface area contributed by atoms with Gasteiger partial charge in [0.15, 0.2) is 5.69 Å². The Morgan fingerprint density at radius 3 is 2.52 bits per heavy atom. The van der Waals surface area contributed by atoms with E-state index >= 15 is 0 Å². The molecule has 0 bridgehead atoms. The number of aryl methyl sites for hydroxylation is 1. The predicted molar refractivity (Wildman–Crippen MR) is 99.0 cm³/mol. The van der Waals surface area contributed by atoms with Gasteiger partial charge in [-0.2, -0.15) is 5.10 Å². The van der Waals surface area contributed by atoms with Gasteiger partial charge in [0.05, 0.1) is 5.69 Å². The Hall–Kier alpha value is -2.47. The summed E-state index contributed by atoms with van der Waals surface area (Å²) in [5.74, 6) is -0.0399. The first kappa shape index (κ1) is 18.9. The van der Waals surface area contributed by atoms with Gasteiger partial charge >= 0.3 is 0 Å². The summed E-state index contributed by atoms with van der Waals surface area (Å²) in [5, 5.41) is 4.31. The SMILES string of the molecule is Cc1cc(=O)c(C(=O)N(C)CCC(N)C(C)C)nn1-c1ccccc1. The number of aromatic nitrogens is 2. The molecule has 2 rings (SSSR count). The number of nitrogens with two attached hydrogens (primary N) is 1. The van der Waals surface area contributed by atoms with Crippen LogP contribution in [0.1, 0.15) is 36.5 Å². The van der Waals surface area contributed by atoms with Crippen LogP contribution >= 0.6 is 0 Å². The Labute approximate surface area is 148 Å². The molecule has 1 heterocycles. The zero-order chi connectivity index (χ0) is 18.6. The molecule has 0 spiro atoms. The van der Waals surface area contributed by atoms with Gasteiger partial charge in [-0.15, -0.1) is 0 Å². The van der Waals surface area contributed by atoms with Gasteiger partial charge in [-0.3, -0.25) is 9.59 Å². The van der Waals surface area contributed by atoms with Crippen molar-refractivity contribution >= 4 is 5.91 Å². The topological polar surface area (TPSA) is 81.2 Å². The molecule has 0 aliphatic carbocycles. The Bertz CT molecular complexity index is 784. The molecule has 0 aliphatic rings. The molecule has 134 valence electrons. The highest BCUT2D eigenvalue weighted by molar-refractivity contribution is 5.91. The number of hydrogen-bond donors (Lipinski definition) is 1. The summed E-state index contributed by atoms with van der Waals surface area (Å²) in [7, 11) is 1.67. The first-order chi connectivity index (χ1) is 11.8. The van der Waals surface area contributed by atoms with E-state index in [0.29, 0.717) is 24.6 Å². The quantitative estimate of drug-likeness (QED) is 0.870. The van der Waals surface area contributed by atoms with Crippen LogP contribution in [0.5, 0.6) is 0 Å². The first-order valence-electron chi connectivity index (χ1n) is 8.48. The number of carbonyl (C=O) groups excluding carboxylic acids is 1. The fourth-order valence-electron chi connectivity index (χ4n) is 2.48. The molecule has 6 heteroatoms. The van der Waals surface area contributed by atoms with Gasteiger partial charge in [0.2, 0.25) is 5.43 Å². The summed E-state index contributed by atoms with van der Waals surface area (Å²) in [6, 6.07) is 10.9. The number of benzene rings is 1. The van der Waals surface area contributed by atoms with Crippen LogP contribution in [0.15, 0.2) is 41.2 Å². The van der Waals surface area contributed by atoms with Gasteiger partial charge in [-0.25, -0.2) is 4.68 Å². The lowest BCUT2D eigenvalue weighted by Crippen LogP contribution is -2.37. The Morgan fingerprint density at radius 2 is 1.92 bits per heavy atom. The molecule has 6 nitrogen and oxygen atoms in total. The van der Waals surface area contributed by atoms with Crippen molar-refractivity contribution in [2.24, 2.45) is 11.7 Å². The van der Waals surface area contributed by atoms with Crippen molar-refractivity contribution in [2.75, 3.05) is 13.6 Å². The number of amides is 1. The van der Waals surface area contributed by atoms with Crippen molar-refractivity contribution < 1.29 is 4.79 Å². The van der Waals surface area contributed by atoms with Crippen LogP contribution in [-0.2, 0) is 0 Å². The van der Waals surface area contributed by atoms with E-state index in [1.165, 1.54) is 11.0 Å². The third-order valence-electron chi connectivity index (χ3n) is 4.31. The fraction of sp³-hybridized carbons (Fsp3) is 0.421. The monoisotopic (exact) mass is 342 g/mol. The number of rotatable bonds is 6. The van der Waals surface area contributed by atoms with E-state index in [1.54, 1.807) is 18.7 Å². The smallest absolute Gasteiger partial charge is 0.278 e. The van der Waals surface area contributed by atoms with E-state index in [-0.39, 0.29) is 23.1 Å². The van der Waals surface area contributed by atoms with E-state index in [4.69, 9.17) is 5.73 Å². The molecule has 1 aromatic heterocycles. The number of carbonyl (C=O) groups is 1. The lowest BCUT2D eigenvalue weighted by Gasteiger charge is -2.21. The maximum absolute atomic E-state index is 12.7. The largest absolute Gasteiger partial charge is 0.340 e. The molecule has 1 unspecified atom stereocenters. The van der Waals surface area contributed by atoms with Crippen molar-refractivity contribution in [3.63, 3.8) is 0 Å². The molecular weight excluding hydrogens is 316 g/mol. The summed E-state index contributed by atoms with van der Waals surface area (Å²) < 4.78 is 1.61. The zero-order valence-electron chi connectivity index (χ0n) is 15.3. The summed E-state index contributed by atoms with van der Waals surface area (Å²) >= 11 is 0. The molecular formula is C19H26N4O2. The Morgan fingerprint density at radius 1 is 1.28 bits per heavy atom. The van der Waals surface area contributed by atoms with Gasteiger partial charge in [-0.05, 0) is 31.4 Å². The number of para-hydroxylation sites is 1. The van der Waals surface area contributed by atoms with Crippen molar-refractivity contribution in [3.05, 3.63) is 58.0 Å². The van der Waals surface area contributed by atoms with Crippen LogP contribution in [0, 0.1) is 12.8 Å². The third-order valence-corrected chi connectivity index (χ3v) is 4.31. The molecule has 1 atom stereocenters. The minimum Gasteiger partial charge on any atom is -0.340 e. The fourth-order valence-corrected chi connectivity index (χ4v) is 2.48. The normalized spacial score (nSPS) is 12.2. The lowest BCUT2D eigenvalue weighted by atomic mass is 10.0. The van der Waals surface area contributed by atoms with E-state index in [1.807, 2.05) is 44.2 Å². The Kier molecular flexibility index (Phi) is 6.09. The highest BCUT2D eigenvalue weighted by atomic mass is 16.2. The van der Waals surface area contributed by atoms with Crippen LogP contribution in [0.4, 0.5) is 0 Å². The molecule has 25 heavy (non-hydrogen) atoms. The average Bonchev–Trinajstić information content (AvgIpc) is 2.59. The molecule has 2 aromatic rings.